The Balaban J connectivity index is 1.46. The average Bonchev–Trinajstić information content (AvgIpc) is 2.71. The quantitative estimate of drug-likeness (QED) is 0.790. The van der Waals surface area contributed by atoms with Crippen LogP contribution in [-0.4, -0.2) is 54.5 Å². The summed E-state index contributed by atoms with van der Waals surface area (Å²) in [4.78, 5) is 17.1. The van der Waals surface area contributed by atoms with E-state index in [0.29, 0.717) is 5.69 Å². The van der Waals surface area contributed by atoms with Crippen LogP contribution in [0.4, 0.5) is 10.1 Å². The number of hydrogen-bond acceptors (Lipinski definition) is 3. The highest BCUT2D eigenvalue weighted by atomic mass is 35.5. The summed E-state index contributed by atoms with van der Waals surface area (Å²) in [5.74, 6) is -0.556. The van der Waals surface area contributed by atoms with Gasteiger partial charge in [-0.05, 0) is 30.7 Å². The highest BCUT2D eigenvalue weighted by Crippen LogP contribution is 2.23. The molecule has 1 atom stereocenters. The minimum absolute atomic E-state index is 0.133. The maximum atomic E-state index is 13.1. The summed E-state index contributed by atoms with van der Waals surface area (Å²) in [6.45, 7) is 6.25. The summed E-state index contributed by atoms with van der Waals surface area (Å²) in [5, 5.41) is 3.00. The van der Waals surface area contributed by atoms with Crippen LogP contribution in [0, 0.1) is 5.82 Å². The van der Waals surface area contributed by atoms with Crippen LogP contribution in [0.15, 0.2) is 54.6 Å². The third kappa shape index (κ3) is 5.64. The first-order valence-corrected chi connectivity index (χ1v) is 9.84. The molecule has 28 heavy (non-hydrogen) atoms. The summed E-state index contributed by atoms with van der Waals surface area (Å²) < 4.78 is 13.1. The zero-order valence-corrected chi connectivity index (χ0v) is 16.7. The van der Waals surface area contributed by atoms with Gasteiger partial charge in [0.2, 0.25) is 5.91 Å². The van der Waals surface area contributed by atoms with Gasteiger partial charge >= 0.3 is 0 Å². The van der Waals surface area contributed by atoms with Crippen molar-refractivity contribution < 1.29 is 9.18 Å². The first kappa shape index (κ1) is 20.5. The molecule has 1 heterocycles. The predicted molar refractivity (Wildman–Crippen MR) is 113 cm³/mol. The Morgan fingerprint density at radius 1 is 1.18 bits per heavy atom. The highest BCUT2D eigenvalue weighted by molar-refractivity contribution is 6.33. The standard InChI is InChI=1S/C22H25ClFN3O/c1-17(22(28)25-21-10-9-19(24)16-20(21)23)27-14-12-26(13-15-27)11-5-8-18-6-3-2-4-7-18/h2-10,16-17H,11-15H2,1H3,(H,25,28)/b8-5+/t17-/m1/s1. The van der Waals surface area contributed by atoms with Gasteiger partial charge in [-0.1, -0.05) is 54.1 Å². The molecule has 0 aromatic heterocycles. The zero-order chi connectivity index (χ0) is 19.9. The van der Waals surface area contributed by atoms with Crippen LogP contribution in [0.1, 0.15) is 12.5 Å². The molecule has 4 nitrogen and oxygen atoms in total. The third-order valence-electron chi connectivity index (χ3n) is 5.00. The second kappa shape index (κ2) is 9.82. The maximum Gasteiger partial charge on any atom is 0.241 e. The monoisotopic (exact) mass is 401 g/mol. The molecule has 148 valence electrons. The van der Waals surface area contributed by atoms with Gasteiger partial charge in [-0.15, -0.1) is 0 Å². The molecule has 1 aliphatic heterocycles. The van der Waals surface area contributed by atoms with E-state index >= 15 is 0 Å². The normalized spacial score (nSPS) is 17.0. The summed E-state index contributed by atoms with van der Waals surface area (Å²) >= 11 is 5.99. The van der Waals surface area contributed by atoms with Crippen molar-refractivity contribution in [2.45, 2.75) is 13.0 Å². The van der Waals surface area contributed by atoms with E-state index < -0.39 is 5.82 Å². The van der Waals surface area contributed by atoms with E-state index in [2.05, 4.69) is 39.4 Å². The first-order valence-electron chi connectivity index (χ1n) is 9.47. The van der Waals surface area contributed by atoms with Crippen molar-refractivity contribution >= 4 is 29.3 Å². The van der Waals surface area contributed by atoms with E-state index in [1.54, 1.807) is 0 Å². The number of hydrogen-bond donors (Lipinski definition) is 1. The van der Waals surface area contributed by atoms with E-state index in [4.69, 9.17) is 11.6 Å². The molecule has 0 saturated carbocycles. The van der Waals surface area contributed by atoms with Crippen LogP contribution >= 0.6 is 11.6 Å². The smallest absolute Gasteiger partial charge is 0.241 e. The van der Waals surface area contributed by atoms with Gasteiger partial charge in [0.1, 0.15) is 5.82 Å². The maximum absolute atomic E-state index is 13.1. The summed E-state index contributed by atoms with van der Waals surface area (Å²) in [5.41, 5.74) is 1.63. The number of benzene rings is 2. The van der Waals surface area contributed by atoms with Gasteiger partial charge in [0.05, 0.1) is 16.8 Å². The lowest BCUT2D eigenvalue weighted by Gasteiger charge is -2.37. The largest absolute Gasteiger partial charge is 0.323 e. The van der Waals surface area contributed by atoms with E-state index in [1.165, 1.54) is 23.8 Å². The van der Waals surface area contributed by atoms with E-state index in [1.807, 2.05) is 25.1 Å². The molecule has 1 aliphatic rings. The second-order valence-corrected chi connectivity index (χ2v) is 7.35. The van der Waals surface area contributed by atoms with E-state index in [0.717, 1.165) is 32.7 Å². The van der Waals surface area contributed by atoms with E-state index in [-0.39, 0.29) is 17.0 Å². The number of piperazine rings is 1. The van der Waals surface area contributed by atoms with Crippen LogP contribution in [0.5, 0.6) is 0 Å². The van der Waals surface area contributed by atoms with Crippen molar-refractivity contribution in [3.05, 3.63) is 71.0 Å². The van der Waals surface area contributed by atoms with Gasteiger partial charge < -0.3 is 5.32 Å². The molecular weight excluding hydrogens is 377 g/mol. The number of carbonyl (C=O) groups is 1. The Morgan fingerprint density at radius 3 is 2.57 bits per heavy atom. The van der Waals surface area contributed by atoms with Crippen molar-refractivity contribution in [3.8, 4) is 0 Å². The van der Waals surface area contributed by atoms with Gasteiger partial charge in [0.25, 0.3) is 0 Å². The van der Waals surface area contributed by atoms with Crippen molar-refractivity contribution in [1.29, 1.82) is 0 Å². The number of anilines is 1. The van der Waals surface area contributed by atoms with E-state index in [9.17, 15) is 9.18 Å². The first-order chi connectivity index (χ1) is 13.5. The second-order valence-electron chi connectivity index (χ2n) is 6.94. The van der Waals surface area contributed by atoms with Gasteiger partial charge in [-0.2, -0.15) is 0 Å². The molecule has 0 spiro atoms. The minimum atomic E-state index is -0.423. The lowest BCUT2D eigenvalue weighted by Crippen LogP contribution is -2.52. The molecule has 0 radical (unpaired) electrons. The Morgan fingerprint density at radius 2 is 1.89 bits per heavy atom. The number of rotatable bonds is 6. The lowest BCUT2D eigenvalue weighted by atomic mass is 10.2. The van der Waals surface area contributed by atoms with Gasteiger partial charge in [0.15, 0.2) is 0 Å². The van der Waals surface area contributed by atoms with Gasteiger partial charge in [-0.3, -0.25) is 14.6 Å². The number of amides is 1. The lowest BCUT2D eigenvalue weighted by molar-refractivity contribution is -0.121. The number of nitrogens with zero attached hydrogens (tertiary/aromatic N) is 2. The fourth-order valence-electron chi connectivity index (χ4n) is 3.23. The van der Waals surface area contributed by atoms with Crippen LogP contribution < -0.4 is 5.32 Å². The Kier molecular flexibility index (Phi) is 7.20. The summed E-state index contributed by atoms with van der Waals surface area (Å²) in [7, 11) is 0. The summed E-state index contributed by atoms with van der Waals surface area (Å²) in [6.07, 6.45) is 4.31. The minimum Gasteiger partial charge on any atom is -0.323 e. The number of carbonyl (C=O) groups excluding carboxylic acids is 1. The number of nitrogens with one attached hydrogen (secondary N) is 1. The molecule has 1 amide bonds. The molecule has 2 aromatic carbocycles. The molecule has 0 aliphatic carbocycles. The molecule has 0 bridgehead atoms. The molecule has 2 aromatic rings. The molecule has 1 N–H and O–H groups in total. The number of halogens is 2. The van der Waals surface area contributed by atoms with Crippen molar-refractivity contribution in [2.24, 2.45) is 0 Å². The Labute approximate surface area is 170 Å². The Bertz CT molecular complexity index is 820. The summed E-state index contributed by atoms with van der Waals surface area (Å²) in [6, 6.07) is 13.9. The van der Waals surface area contributed by atoms with Crippen LogP contribution in [-0.2, 0) is 4.79 Å². The average molecular weight is 402 g/mol. The molecule has 1 fully saturated rings. The fraction of sp³-hybridized carbons (Fsp3) is 0.318. The molecule has 0 unspecified atom stereocenters. The van der Waals surface area contributed by atoms with Crippen LogP contribution in [0.25, 0.3) is 6.08 Å². The molecule has 6 heteroatoms. The predicted octanol–water partition coefficient (Wildman–Crippen LogP) is 4.14. The van der Waals surface area contributed by atoms with Gasteiger partial charge in [-0.25, -0.2) is 4.39 Å². The van der Waals surface area contributed by atoms with Gasteiger partial charge in [0, 0.05) is 32.7 Å². The molecule has 1 saturated heterocycles. The Hall–Kier alpha value is -2.21. The van der Waals surface area contributed by atoms with Crippen LogP contribution in [0.2, 0.25) is 5.02 Å². The van der Waals surface area contributed by atoms with Crippen molar-refractivity contribution in [2.75, 3.05) is 38.0 Å². The molecule has 3 rings (SSSR count). The molecular formula is C22H25ClFN3O. The third-order valence-corrected chi connectivity index (χ3v) is 5.31. The SMILES string of the molecule is C[C@H](C(=O)Nc1ccc(F)cc1Cl)N1CCN(C/C=C/c2ccccc2)CC1. The topological polar surface area (TPSA) is 35.6 Å². The fourth-order valence-corrected chi connectivity index (χ4v) is 3.44. The highest BCUT2D eigenvalue weighted by Gasteiger charge is 2.25. The van der Waals surface area contributed by atoms with Crippen molar-refractivity contribution in [3.63, 3.8) is 0 Å². The van der Waals surface area contributed by atoms with Crippen LogP contribution in [0.3, 0.4) is 0 Å². The zero-order valence-electron chi connectivity index (χ0n) is 15.9. The van der Waals surface area contributed by atoms with Crippen molar-refractivity contribution in [1.82, 2.24) is 9.80 Å².